The quantitative estimate of drug-likeness (QED) is 0.752. The first-order valence-electron chi connectivity index (χ1n) is 4.96. The van der Waals surface area contributed by atoms with E-state index in [1.54, 1.807) is 11.3 Å². The van der Waals surface area contributed by atoms with E-state index >= 15 is 0 Å². The fraction of sp³-hybridized carbons (Fsp3) is 0.154. The van der Waals surface area contributed by atoms with E-state index in [0.29, 0.717) is 0 Å². The smallest absolute Gasteiger partial charge is 0.195 e. The second-order valence-corrected chi connectivity index (χ2v) is 5.82. The molecule has 1 aromatic heterocycles. The van der Waals surface area contributed by atoms with Crippen molar-refractivity contribution in [2.24, 2.45) is 0 Å². The third-order valence-electron chi connectivity index (χ3n) is 2.45. The monoisotopic (exact) mass is 294 g/mol. The minimum atomic E-state index is 0.0920. The first-order valence-corrected chi connectivity index (χ1v) is 6.57. The number of aryl methyl sites for hydroxylation is 2. The highest BCUT2D eigenvalue weighted by Crippen LogP contribution is 2.33. The van der Waals surface area contributed by atoms with Crippen LogP contribution in [0.3, 0.4) is 0 Å². The molecule has 0 radical (unpaired) electrons. The van der Waals surface area contributed by atoms with Gasteiger partial charge in [-0.25, -0.2) is 0 Å². The van der Waals surface area contributed by atoms with Gasteiger partial charge in [-0.05, 0) is 29.8 Å². The summed E-state index contributed by atoms with van der Waals surface area (Å²) in [5, 5.41) is 0. The standard InChI is InChI=1S/C13H11BrOS/c1-8-11(12(14)9(2)16-8)13(15)10-6-4-3-5-7-10/h3-7H,1-2H3. The molecule has 0 amide bonds. The predicted octanol–water partition coefficient (Wildman–Crippen LogP) is 4.36. The lowest BCUT2D eigenvalue weighted by atomic mass is 10.0. The van der Waals surface area contributed by atoms with Crippen molar-refractivity contribution in [2.75, 3.05) is 0 Å². The van der Waals surface area contributed by atoms with Crippen molar-refractivity contribution in [3.8, 4) is 0 Å². The van der Waals surface area contributed by atoms with E-state index in [0.717, 1.165) is 25.4 Å². The number of ketones is 1. The molecule has 0 bridgehead atoms. The van der Waals surface area contributed by atoms with Gasteiger partial charge in [0.25, 0.3) is 0 Å². The molecule has 2 aromatic rings. The number of hydrogen-bond acceptors (Lipinski definition) is 2. The molecule has 0 aliphatic carbocycles. The van der Waals surface area contributed by atoms with E-state index in [1.165, 1.54) is 0 Å². The molecule has 0 fully saturated rings. The number of carbonyl (C=O) groups is 1. The van der Waals surface area contributed by atoms with Crippen molar-refractivity contribution in [3.05, 3.63) is 55.7 Å². The molecular formula is C13H11BrOS. The van der Waals surface area contributed by atoms with Crippen LogP contribution < -0.4 is 0 Å². The summed E-state index contributed by atoms with van der Waals surface area (Å²) >= 11 is 5.14. The summed E-state index contributed by atoms with van der Waals surface area (Å²) in [6, 6.07) is 9.38. The molecule has 0 N–H and O–H groups in total. The minimum absolute atomic E-state index is 0.0920. The summed E-state index contributed by atoms with van der Waals surface area (Å²) in [4.78, 5) is 14.5. The second-order valence-electron chi connectivity index (χ2n) is 3.60. The van der Waals surface area contributed by atoms with Crippen LogP contribution in [0, 0.1) is 13.8 Å². The molecule has 16 heavy (non-hydrogen) atoms. The maximum absolute atomic E-state index is 12.3. The van der Waals surface area contributed by atoms with Crippen molar-refractivity contribution in [3.63, 3.8) is 0 Å². The third kappa shape index (κ3) is 1.97. The normalized spacial score (nSPS) is 10.4. The van der Waals surface area contributed by atoms with Gasteiger partial charge < -0.3 is 0 Å². The van der Waals surface area contributed by atoms with Crippen molar-refractivity contribution in [1.82, 2.24) is 0 Å². The van der Waals surface area contributed by atoms with Crippen molar-refractivity contribution >= 4 is 33.0 Å². The van der Waals surface area contributed by atoms with Gasteiger partial charge in [0.1, 0.15) is 0 Å². The van der Waals surface area contributed by atoms with Crippen LogP contribution in [0.5, 0.6) is 0 Å². The van der Waals surface area contributed by atoms with Crippen LogP contribution in [0.1, 0.15) is 25.7 Å². The van der Waals surface area contributed by atoms with Gasteiger partial charge in [-0.2, -0.15) is 0 Å². The number of rotatable bonds is 2. The number of hydrogen-bond donors (Lipinski definition) is 0. The molecule has 0 aliphatic heterocycles. The van der Waals surface area contributed by atoms with Crippen LogP contribution in [0.15, 0.2) is 34.8 Å². The molecule has 0 unspecified atom stereocenters. The summed E-state index contributed by atoms with van der Waals surface area (Å²) in [5.74, 6) is 0.0920. The van der Waals surface area contributed by atoms with Gasteiger partial charge in [0, 0.05) is 19.8 Å². The second kappa shape index (κ2) is 4.52. The molecule has 3 heteroatoms. The van der Waals surface area contributed by atoms with E-state index in [1.807, 2.05) is 44.2 Å². The zero-order valence-electron chi connectivity index (χ0n) is 9.08. The van der Waals surface area contributed by atoms with Crippen LogP contribution in [-0.2, 0) is 0 Å². The molecule has 82 valence electrons. The van der Waals surface area contributed by atoms with Crippen molar-refractivity contribution in [1.29, 1.82) is 0 Å². The molecule has 0 saturated heterocycles. The Hall–Kier alpha value is -0.930. The van der Waals surface area contributed by atoms with Gasteiger partial charge in [0.15, 0.2) is 5.78 Å². The molecule has 0 spiro atoms. The topological polar surface area (TPSA) is 17.1 Å². The van der Waals surface area contributed by atoms with E-state index in [9.17, 15) is 4.79 Å². The minimum Gasteiger partial charge on any atom is -0.289 e. The van der Waals surface area contributed by atoms with Crippen molar-refractivity contribution < 1.29 is 4.79 Å². The van der Waals surface area contributed by atoms with Gasteiger partial charge in [-0.15, -0.1) is 11.3 Å². The number of benzene rings is 1. The van der Waals surface area contributed by atoms with E-state index in [4.69, 9.17) is 0 Å². The molecular weight excluding hydrogens is 284 g/mol. The molecule has 1 heterocycles. The highest BCUT2D eigenvalue weighted by Gasteiger charge is 2.18. The summed E-state index contributed by atoms with van der Waals surface area (Å²) in [7, 11) is 0. The average Bonchev–Trinajstić information content (AvgIpc) is 2.54. The maximum atomic E-state index is 12.3. The predicted molar refractivity (Wildman–Crippen MR) is 71.4 cm³/mol. The molecule has 0 aliphatic rings. The molecule has 0 saturated carbocycles. The van der Waals surface area contributed by atoms with E-state index in [-0.39, 0.29) is 5.78 Å². The van der Waals surface area contributed by atoms with E-state index < -0.39 is 0 Å². The first kappa shape index (κ1) is 11.6. The SMILES string of the molecule is Cc1sc(C)c(C(=O)c2ccccc2)c1Br. The van der Waals surface area contributed by atoms with Gasteiger partial charge in [-0.1, -0.05) is 30.3 Å². The van der Waals surface area contributed by atoms with Crippen LogP contribution >= 0.6 is 27.3 Å². The summed E-state index contributed by atoms with van der Waals surface area (Å²) in [5.41, 5.74) is 1.54. The third-order valence-corrected chi connectivity index (χ3v) is 4.72. The lowest BCUT2D eigenvalue weighted by Crippen LogP contribution is -2.01. The Morgan fingerprint density at radius 1 is 1.12 bits per heavy atom. The average molecular weight is 295 g/mol. The van der Waals surface area contributed by atoms with Crippen LogP contribution in [0.25, 0.3) is 0 Å². The molecule has 0 atom stereocenters. The summed E-state index contributed by atoms with van der Waals surface area (Å²) < 4.78 is 0.934. The zero-order chi connectivity index (χ0) is 11.7. The van der Waals surface area contributed by atoms with E-state index in [2.05, 4.69) is 15.9 Å². The number of halogens is 1. The fourth-order valence-corrected chi connectivity index (χ4v) is 3.45. The van der Waals surface area contributed by atoms with Crippen LogP contribution in [0.4, 0.5) is 0 Å². The van der Waals surface area contributed by atoms with Gasteiger partial charge in [0.05, 0.1) is 5.56 Å². The Kier molecular flexibility index (Phi) is 3.26. The largest absolute Gasteiger partial charge is 0.289 e. The Labute approximate surface area is 107 Å². The highest BCUT2D eigenvalue weighted by molar-refractivity contribution is 9.10. The summed E-state index contributed by atoms with van der Waals surface area (Å²) in [6.45, 7) is 4.00. The fourth-order valence-electron chi connectivity index (χ4n) is 1.65. The maximum Gasteiger partial charge on any atom is 0.195 e. The van der Waals surface area contributed by atoms with Crippen molar-refractivity contribution in [2.45, 2.75) is 13.8 Å². The first-order chi connectivity index (χ1) is 7.61. The highest BCUT2D eigenvalue weighted by atomic mass is 79.9. The van der Waals surface area contributed by atoms with Gasteiger partial charge in [-0.3, -0.25) is 4.79 Å². The lowest BCUT2D eigenvalue weighted by Gasteiger charge is -2.01. The molecule has 2 rings (SSSR count). The van der Waals surface area contributed by atoms with Crippen LogP contribution in [0.2, 0.25) is 0 Å². The Balaban J connectivity index is 2.50. The van der Waals surface area contributed by atoms with Crippen LogP contribution in [-0.4, -0.2) is 5.78 Å². The Bertz CT molecular complexity index is 528. The van der Waals surface area contributed by atoms with Gasteiger partial charge in [0.2, 0.25) is 0 Å². The molecule has 1 aromatic carbocycles. The lowest BCUT2D eigenvalue weighted by molar-refractivity contribution is 0.103. The number of carbonyl (C=O) groups excluding carboxylic acids is 1. The zero-order valence-corrected chi connectivity index (χ0v) is 11.5. The Morgan fingerprint density at radius 2 is 1.75 bits per heavy atom. The summed E-state index contributed by atoms with van der Waals surface area (Å²) in [6.07, 6.45) is 0. The van der Waals surface area contributed by atoms with Gasteiger partial charge >= 0.3 is 0 Å². The number of thiophene rings is 1. The Morgan fingerprint density at radius 3 is 2.25 bits per heavy atom. The molecule has 1 nitrogen and oxygen atoms in total.